The van der Waals surface area contributed by atoms with Crippen LogP contribution in [-0.2, 0) is 11.2 Å². The Bertz CT molecular complexity index is 449. The van der Waals surface area contributed by atoms with Crippen molar-refractivity contribution in [3.8, 4) is 0 Å². The van der Waals surface area contributed by atoms with Gasteiger partial charge in [0.2, 0.25) is 0 Å². The lowest BCUT2D eigenvalue weighted by atomic mass is 10.2. The number of nitrogens with zero attached hydrogens (tertiary/aromatic N) is 2. The van der Waals surface area contributed by atoms with E-state index in [2.05, 4.69) is 35.1 Å². The van der Waals surface area contributed by atoms with E-state index in [0.717, 1.165) is 41.2 Å². The van der Waals surface area contributed by atoms with E-state index in [9.17, 15) is 0 Å². The summed E-state index contributed by atoms with van der Waals surface area (Å²) in [6.07, 6.45) is 4.47. The highest BCUT2D eigenvalue weighted by Crippen LogP contribution is 2.43. The maximum atomic E-state index is 5.88. The molecule has 4 nitrogen and oxygen atoms in total. The molecule has 1 saturated carbocycles. The summed E-state index contributed by atoms with van der Waals surface area (Å²) in [7, 11) is 0. The van der Waals surface area contributed by atoms with Gasteiger partial charge in [0, 0.05) is 13.2 Å². The summed E-state index contributed by atoms with van der Waals surface area (Å²) >= 11 is 3.62. The number of hydrogen-bond acceptors (Lipinski definition) is 4. The van der Waals surface area contributed by atoms with E-state index < -0.39 is 0 Å². The fourth-order valence-electron chi connectivity index (χ4n) is 2.23. The lowest BCUT2D eigenvalue weighted by Crippen LogP contribution is -2.15. The van der Waals surface area contributed by atoms with Crippen LogP contribution in [0, 0.1) is 5.92 Å². The Balaban J connectivity index is 2.30. The molecule has 2 rings (SSSR count). The molecule has 1 aliphatic carbocycles. The predicted molar refractivity (Wildman–Crippen MR) is 85.0 cm³/mol. The Morgan fingerprint density at radius 2 is 2.05 bits per heavy atom. The first kappa shape index (κ1) is 15.7. The number of hydrogen-bond donors (Lipinski definition) is 1. The Morgan fingerprint density at radius 1 is 1.30 bits per heavy atom. The molecule has 1 fully saturated rings. The second-order valence-corrected chi connectivity index (χ2v) is 5.98. The number of ether oxygens (including phenoxy) is 1. The van der Waals surface area contributed by atoms with Crippen molar-refractivity contribution in [3.05, 3.63) is 16.0 Å². The zero-order valence-corrected chi connectivity index (χ0v) is 14.2. The molecule has 0 spiro atoms. The van der Waals surface area contributed by atoms with Crippen LogP contribution in [0.4, 0.5) is 5.82 Å². The van der Waals surface area contributed by atoms with E-state index in [1.54, 1.807) is 0 Å². The molecule has 1 aromatic rings. The first-order chi connectivity index (χ1) is 9.71. The zero-order chi connectivity index (χ0) is 14.5. The molecule has 1 N–H and O–H groups in total. The van der Waals surface area contributed by atoms with E-state index in [0.29, 0.717) is 12.5 Å². The van der Waals surface area contributed by atoms with Crippen molar-refractivity contribution in [2.75, 3.05) is 18.5 Å². The minimum absolute atomic E-state index is 0.0561. The van der Waals surface area contributed by atoms with Crippen molar-refractivity contribution in [2.24, 2.45) is 5.92 Å². The van der Waals surface area contributed by atoms with E-state index in [4.69, 9.17) is 14.7 Å². The number of halogens is 1. The van der Waals surface area contributed by atoms with Gasteiger partial charge in [-0.2, -0.15) is 0 Å². The summed E-state index contributed by atoms with van der Waals surface area (Å²) in [6, 6.07) is 0. The van der Waals surface area contributed by atoms with Crippen molar-refractivity contribution >= 4 is 21.7 Å². The summed E-state index contributed by atoms with van der Waals surface area (Å²) in [5.41, 5.74) is 1.05. The molecular formula is C15H24BrN3O. The Hall–Kier alpha value is -0.680. The highest BCUT2D eigenvalue weighted by molar-refractivity contribution is 9.10. The molecule has 1 aliphatic rings. The molecule has 0 aromatic carbocycles. The summed E-state index contributed by atoms with van der Waals surface area (Å²) < 4.78 is 6.87. The summed E-state index contributed by atoms with van der Waals surface area (Å²) in [6.45, 7) is 7.93. The molecule has 5 heteroatoms. The van der Waals surface area contributed by atoms with Crippen LogP contribution in [0.3, 0.4) is 0 Å². The molecule has 1 heterocycles. The third-order valence-electron chi connectivity index (χ3n) is 3.47. The largest absolute Gasteiger partial charge is 0.370 e. The van der Waals surface area contributed by atoms with Crippen LogP contribution in [0.1, 0.15) is 57.7 Å². The highest BCUT2D eigenvalue weighted by atomic mass is 79.9. The third kappa shape index (κ3) is 3.70. The van der Waals surface area contributed by atoms with Crippen molar-refractivity contribution < 1.29 is 4.74 Å². The molecule has 0 radical (unpaired) electrons. The molecule has 0 saturated heterocycles. The molecule has 0 aliphatic heterocycles. The topological polar surface area (TPSA) is 47.0 Å². The number of rotatable bonds is 8. The van der Waals surface area contributed by atoms with Gasteiger partial charge in [-0.05, 0) is 54.5 Å². The van der Waals surface area contributed by atoms with Gasteiger partial charge in [0.25, 0.3) is 0 Å². The second-order valence-electron chi connectivity index (χ2n) is 5.18. The van der Waals surface area contributed by atoms with Crippen LogP contribution >= 0.6 is 15.9 Å². The van der Waals surface area contributed by atoms with Crippen molar-refractivity contribution in [3.63, 3.8) is 0 Å². The molecule has 112 valence electrons. The Labute approximate surface area is 129 Å². The van der Waals surface area contributed by atoms with Gasteiger partial charge in [0.05, 0.1) is 10.2 Å². The van der Waals surface area contributed by atoms with Crippen molar-refractivity contribution in [2.45, 2.75) is 52.6 Å². The fourth-order valence-corrected chi connectivity index (χ4v) is 2.83. The molecule has 20 heavy (non-hydrogen) atoms. The van der Waals surface area contributed by atoms with E-state index >= 15 is 0 Å². The van der Waals surface area contributed by atoms with E-state index in [-0.39, 0.29) is 6.10 Å². The normalized spacial score (nSPS) is 16.2. The third-order valence-corrected chi connectivity index (χ3v) is 4.30. The maximum Gasteiger partial charge on any atom is 0.160 e. The monoisotopic (exact) mass is 341 g/mol. The Morgan fingerprint density at radius 3 is 2.60 bits per heavy atom. The van der Waals surface area contributed by atoms with Gasteiger partial charge in [-0.25, -0.2) is 9.97 Å². The van der Waals surface area contributed by atoms with Gasteiger partial charge in [0.1, 0.15) is 11.9 Å². The van der Waals surface area contributed by atoms with Gasteiger partial charge in [-0.3, -0.25) is 0 Å². The SMILES string of the molecule is CCCNc1nc(C(OCC)C2CC2)nc(CC)c1Br. The van der Waals surface area contributed by atoms with Gasteiger partial charge in [0.15, 0.2) is 5.82 Å². The number of anilines is 1. The quantitative estimate of drug-likeness (QED) is 0.772. The minimum atomic E-state index is 0.0561. The van der Waals surface area contributed by atoms with Gasteiger partial charge < -0.3 is 10.1 Å². The van der Waals surface area contributed by atoms with Gasteiger partial charge in [-0.1, -0.05) is 13.8 Å². The van der Waals surface area contributed by atoms with Gasteiger partial charge in [-0.15, -0.1) is 0 Å². The smallest absolute Gasteiger partial charge is 0.160 e. The van der Waals surface area contributed by atoms with Crippen LogP contribution in [0.5, 0.6) is 0 Å². The Kier molecular flexibility index (Phi) is 5.78. The van der Waals surface area contributed by atoms with Crippen molar-refractivity contribution in [1.82, 2.24) is 9.97 Å². The zero-order valence-electron chi connectivity index (χ0n) is 12.6. The first-order valence-electron chi connectivity index (χ1n) is 7.62. The van der Waals surface area contributed by atoms with Gasteiger partial charge >= 0.3 is 0 Å². The molecule has 1 atom stereocenters. The van der Waals surface area contributed by atoms with Crippen LogP contribution in [0.2, 0.25) is 0 Å². The number of aromatic nitrogens is 2. The second kappa shape index (κ2) is 7.36. The lowest BCUT2D eigenvalue weighted by molar-refractivity contribution is 0.0399. The first-order valence-corrected chi connectivity index (χ1v) is 8.42. The highest BCUT2D eigenvalue weighted by Gasteiger charge is 2.35. The van der Waals surface area contributed by atoms with Crippen LogP contribution in [0.25, 0.3) is 0 Å². The van der Waals surface area contributed by atoms with E-state index in [1.807, 2.05) is 6.92 Å². The van der Waals surface area contributed by atoms with Crippen molar-refractivity contribution in [1.29, 1.82) is 0 Å². The summed E-state index contributed by atoms with van der Waals surface area (Å²) in [4.78, 5) is 9.42. The predicted octanol–water partition coefficient (Wildman–Crippen LogP) is 4.11. The molecule has 1 aromatic heterocycles. The molecule has 1 unspecified atom stereocenters. The molecular weight excluding hydrogens is 318 g/mol. The molecule has 0 amide bonds. The molecule has 0 bridgehead atoms. The van der Waals surface area contributed by atoms with Crippen LogP contribution in [0.15, 0.2) is 4.47 Å². The average molecular weight is 342 g/mol. The maximum absolute atomic E-state index is 5.88. The summed E-state index contributed by atoms with van der Waals surface area (Å²) in [5, 5.41) is 3.38. The van der Waals surface area contributed by atoms with Crippen LogP contribution in [-0.4, -0.2) is 23.1 Å². The number of aryl methyl sites for hydroxylation is 1. The minimum Gasteiger partial charge on any atom is -0.370 e. The van der Waals surface area contributed by atoms with E-state index in [1.165, 1.54) is 12.8 Å². The lowest BCUT2D eigenvalue weighted by Gasteiger charge is -2.18. The standard InChI is InChI=1S/C15H24BrN3O/c1-4-9-17-14-12(16)11(5-2)18-15(19-14)13(20-6-3)10-7-8-10/h10,13H,4-9H2,1-3H3,(H,17,18,19). The fraction of sp³-hybridized carbons (Fsp3) is 0.733. The summed E-state index contributed by atoms with van der Waals surface area (Å²) in [5.74, 6) is 2.34. The average Bonchev–Trinajstić information content (AvgIpc) is 3.28. The number of nitrogens with one attached hydrogen (secondary N) is 1. The van der Waals surface area contributed by atoms with Crippen LogP contribution < -0.4 is 5.32 Å².